The quantitative estimate of drug-likeness (QED) is 0.422. The van der Waals surface area contributed by atoms with Crippen molar-refractivity contribution in [3.05, 3.63) is 82.7 Å². The minimum absolute atomic E-state index is 0.0354. The first-order chi connectivity index (χ1) is 19.2. The maximum Gasteiger partial charge on any atom is 0.339 e. The molecule has 0 saturated heterocycles. The summed E-state index contributed by atoms with van der Waals surface area (Å²) in [7, 11) is -4.03. The van der Waals surface area contributed by atoms with Crippen LogP contribution < -0.4 is 4.18 Å². The van der Waals surface area contributed by atoms with Crippen molar-refractivity contribution >= 4 is 27.7 Å². The lowest BCUT2D eigenvalue weighted by Gasteiger charge is -2.49. The Labute approximate surface area is 240 Å². The summed E-state index contributed by atoms with van der Waals surface area (Å²) in [6.45, 7) is 8.28. The molecule has 0 amide bonds. The lowest BCUT2D eigenvalue weighted by Crippen LogP contribution is -2.45. The van der Waals surface area contributed by atoms with Gasteiger partial charge in [-0.25, -0.2) is 0 Å². The molecule has 2 aromatic carbocycles. The average Bonchev–Trinajstić information content (AvgIpc) is 2.86. The molecule has 41 heavy (non-hydrogen) atoms. The second-order valence-electron chi connectivity index (χ2n) is 12.8. The summed E-state index contributed by atoms with van der Waals surface area (Å²) >= 11 is 0. The number of hydrogen-bond acceptors (Lipinski definition) is 7. The van der Waals surface area contributed by atoms with Crippen LogP contribution in [0.5, 0.6) is 5.75 Å². The van der Waals surface area contributed by atoms with E-state index in [2.05, 4.69) is 0 Å². The second-order valence-corrected chi connectivity index (χ2v) is 14.3. The molecule has 216 valence electrons. The Bertz CT molecular complexity index is 1530. The van der Waals surface area contributed by atoms with Gasteiger partial charge < -0.3 is 14.2 Å². The van der Waals surface area contributed by atoms with E-state index >= 15 is 0 Å². The number of Topliss-reactive ketones (excluding diaryl/α,β-unsaturated/α-hetero) is 2. The molecule has 1 heterocycles. The zero-order valence-corrected chi connectivity index (χ0v) is 24.6. The summed E-state index contributed by atoms with van der Waals surface area (Å²) in [4.78, 5) is 41.2. The highest BCUT2D eigenvalue weighted by Crippen LogP contribution is 2.54. The number of ketones is 2. The molecule has 0 spiro atoms. The third kappa shape index (κ3) is 5.73. The highest BCUT2D eigenvalue weighted by Gasteiger charge is 2.48. The van der Waals surface area contributed by atoms with Crippen LogP contribution in [0.15, 0.2) is 82.0 Å². The Morgan fingerprint density at radius 3 is 1.85 bits per heavy atom. The van der Waals surface area contributed by atoms with Gasteiger partial charge in [0.1, 0.15) is 10.6 Å². The second kappa shape index (κ2) is 10.3. The van der Waals surface area contributed by atoms with Gasteiger partial charge >= 0.3 is 16.1 Å². The molecule has 0 unspecified atom stereocenters. The third-order valence-electron chi connectivity index (χ3n) is 8.02. The smallest absolute Gasteiger partial charge is 0.339 e. The molecule has 3 aliphatic rings. The molecule has 0 aromatic heterocycles. The zero-order valence-electron chi connectivity index (χ0n) is 23.8. The van der Waals surface area contributed by atoms with Crippen LogP contribution in [0.4, 0.5) is 0 Å². The van der Waals surface area contributed by atoms with Crippen LogP contribution in [0.3, 0.4) is 0 Å². The van der Waals surface area contributed by atoms with Crippen molar-refractivity contribution in [1.29, 1.82) is 0 Å². The number of benzene rings is 2. The van der Waals surface area contributed by atoms with E-state index < -0.39 is 22.0 Å². The van der Waals surface area contributed by atoms with Crippen LogP contribution in [-0.2, 0) is 24.5 Å². The summed E-state index contributed by atoms with van der Waals surface area (Å²) in [6.07, 6.45) is 1.66. The highest BCUT2D eigenvalue weighted by molar-refractivity contribution is 7.87. The van der Waals surface area contributed by atoms with Gasteiger partial charge in [-0.15, -0.1) is 0 Å². The van der Waals surface area contributed by atoms with Gasteiger partial charge in [-0.1, -0.05) is 58.0 Å². The minimum Gasteiger partial charge on any atom is -0.481 e. The minimum atomic E-state index is -4.03. The van der Waals surface area contributed by atoms with E-state index in [0.29, 0.717) is 42.4 Å². The van der Waals surface area contributed by atoms with E-state index in [4.69, 9.17) is 4.18 Å². The normalized spacial score (nSPS) is 20.5. The lowest BCUT2D eigenvalue weighted by molar-refractivity contribution is -0.137. The topological polar surface area (TPSA) is 118 Å². The standard InChI is InChI=1S/C32H35NO7S/c1-31(2)16-23-29(25(34)18-31)28(30-24(33(23)15-14-27(36)37)17-32(3,4)19-26(30)35)20-10-12-21(13-11-20)40-41(38,39)22-8-6-5-7-9-22/h5-13,28H,14-19H2,1-4H3,(H,36,37). The number of aliphatic carboxylic acids is 1. The third-order valence-corrected chi connectivity index (χ3v) is 9.28. The van der Waals surface area contributed by atoms with E-state index in [1.807, 2.05) is 32.6 Å². The predicted molar refractivity (Wildman–Crippen MR) is 152 cm³/mol. The van der Waals surface area contributed by atoms with Gasteiger partial charge in [0.25, 0.3) is 0 Å². The van der Waals surface area contributed by atoms with E-state index in [1.54, 1.807) is 42.5 Å². The number of allylic oxidation sites excluding steroid dienone is 4. The van der Waals surface area contributed by atoms with Crippen molar-refractivity contribution in [2.45, 2.75) is 70.6 Å². The molecule has 0 atom stereocenters. The lowest BCUT2D eigenvalue weighted by atomic mass is 9.63. The fraction of sp³-hybridized carbons (Fsp3) is 0.406. The van der Waals surface area contributed by atoms with Gasteiger partial charge in [0, 0.05) is 47.8 Å². The summed E-state index contributed by atoms with van der Waals surface area (Å²) < 4.78 is 30.8. The Hall–Kier alpha value is -3.72. The first-order valence-corrected chi connectivity index (χ1v) is 15.2. The van der Waals surface area contributed by atoms with E-state index in [0.717, 1.165) is 11.4 Å². The molecule has 0 bridgehead atoms. The highest BCUT2D eigenvalue weighted by atomic mass is 32.2. The van der Waals surface area contributed by atoms with Crippen LogP contribution in [-0.4, -0.2) is 42.5 Å². The van der Waals surface area contributed by atoms with Gasteiger partial charge in [0.05, 0.1) is 6.42 Å². The number of carbonyl (C=O) groups excluding carboxylic acids is 2. The molecule has 8 nitrogen and oxygen atoms in total. The van der Waals surface area contributed by atoms with Crippen molar-refractivity contribution in [3.8, 4) is 5.75 Å². The molecular weight excluding hydrogens is 542 g/mol. The van der Waals surface area contributed by atoms with Crippen LogP contribution >= 0.6 is 0 Å². The van der Waals surface area contributed by atoms with E-state index in [-0.39, 0.29) is 46.0 Å². The monoisotopic (exact) mass is 577 g/mol. The molecule has 9 heteroatoms. The van der Waals surface area contributed by atoms with Crippen LogP contribution in [0, 0.1) is 10.8 Å². The molecule has 1 N–H and O–H groups in total. The Morgan fingerprint density at radius 2 is 1.37 bits per heavy atom. The van der Waals surface area contributed by atoms with Gasteiger partial charge in [0.15, 0.2) is 11.6 Å². The maximum atomic E-state index is 13.8. The van der Waals surface area contributed by atoms with Crippen molar-refractivity contribution < 1.29 is 32.1 Å². The number of hydrogen-bond donors (Lipinski definition) is 1. The molecule has 5 rings (SSSR count). The first kappa shape index (κ1) is 28.8. The van der Waals surface area contributed by atoms with Crippen LogP contribution in [0.25, 0.3) is 0 Å². The summed E-state index contributed by atoms with van der Waals surface area (Å²) in [5.74, 6) is -1.56. The van der Waals surface area contributed by atoms with Crippen molar-refractivity contribution in [3.63, 3.8) is 0 Å². The van der Waals surface area contributed by atoms with Gasteiger partial charge in [-0.05, 0) is 53.5 Å². The summed E-state index contributed by atoms with van der Waals surface area (Å²) in [5, 5.41) is 9.51. The maximum absolute atomic E-state index is 13.8. The molecule has 2 aliphatic carbocycles. The van der Waals surface area contributed by atoms with Gasteiger partial charge in [-0.3, -0.25) is 14.4 Å². The van der Waals surface area contributed by atoms with Gasteiger partial charge in [0.2, 0.25) is 0 Å². The number of rotatable bonds is 7. The molecule has 1 aliphatic heterocycles. The zero-order chi connectivity index (χ0) is 29.7. The number of carbonyl (C=O) groups is 3. The van der Waals surface area contributed by atoms with Crippen molar-refractivity contribution in [2.75, 3.05) is 6.54 Å². The first-order valence-electron chi connectivity index (χ1n) is 13.8. The Morgan fingerprint density at radius 1 is 0.854 bits per heavy atom. The molecule has 0 fully saturated rings. The molecule has 0 radical (unpaired) electrons. The number of carboxylic acid groups (broad SMARTS) is 1. The fourth-order valence-electron chi connectivity index (χ4n) is 6.34. The average molecular weight is 578 g/mol. The predicted octanol–water partition coefficient (Wildman–Crippen LogP) is 5.61. The van der Waals surface area contributed by atoms with Crippen LogP contribution in [0.1, 0.15) is 71.3 Å². The van der Waals surface area contributed by atoms with Crippen molar-refractivity contribution in [1.82, 2.24) is 4.90 Å². The van der Waals surface area contributed by atoms with E-state index in [9.17, 15) is 27.9 Å². The SMILES string of the molecule is CC1(C)CC(=O)C2=C(C1)N(CCC(=O)O)C1=C(C(=O)CC(C)(C)C1)C2c1ccc(OS(=O)(=O)c2ccccc2)cc1. The summed E-state index contributed by atoms with van der Waals surface area (Å²) in [6, 6.07) is 14.4. The fourth-order valence-corrected chi connectivity index (χ4v) is 7.29. The summed E-state index contributed by atoms with van der Waals surface area (Å²) in [5.41, 5.74) is 2.69. The van der Waals surface area contributed by atoms with Crippen LogP contribution in [0.2, 0.25) is 0 Å². The molecule has 2 aromatic rings. The largest absolute Gasteiger partial charge is 0.481 e. The Balaban J connectivity index is 1.61. The molecule has 0 saturated carbocycles. The number of carboxylic acids is 1. The van der Waals surface area contributed by atoms with Crippen molar-refractivity contribution in [2.24, 2.45) is 10.8 Å². The van der Waals surface area contributed by atoms with E-state index in [1.165, 1.54) is 12.1 Å². The Kier molecular flexibility index (Phi) is 7.22. The van der Waals surface area contributed by atoms with Gasteiger partial charge in [-0.2, -0.15) is 8.42 Å². The number of nitrogens with zero attached hydrogens (tertiary/aromatic N) is 1. The molecular formula is C32H35NO7S.